The van der Waals surface area contributed by atoms with Gasteiger partial charge in [0.1, 0.15) is 5.69 Å². The van der Waals surface area contributed by atoms with E-state index in [1.807, 2.05) is 0 Å². The predicted octanol–water partition coefficient (Wildman–Crippen LogP) is 2.49. The summed E-state index contributed by atoms with van der Waals surface area (Å²) in [6, 6.07) is 9.26. The summed E-state index contributed by atoms with van der Waals surface area (Å²) >= 11 is 0. The van der Waals surface area contributed by atoms with E-state index in [9.17, 15) is 0 Å². The standard InChI is InChI=1S/C16H17N2/c1-2-8-16(7-1)10-12-4-3-5-13-11-17-9-6-14(16)18(17)15(12)13/h3-6,9H,1-2,7-8,10-11H2/q+1. The van der Waals surface area contributed by atoms with E-state index in [4.69, 9.17) is 0 Å². The van der Waals surface area contributed by atoms with E-state index in [2.05, 4.69) is 39.8 Å². The van der Waals surface area contributed by atoms with Crippen molar-refractivity contribution in [1.82, 2.24) is 4.68 Å². The summed E-state index contributed by atoms with van der Waals surface area (Å²) in [4.78, 5) is 0. The van der Waals surface area contributed by atoms with Crippen LogP contribution in [0.25, 0.3) is 5.69 Å². The fraction of sp³-hybridized carbons (Fsp3) is 0.438. The van der Waals surface area contributed by atoms with Crippen molar-refractivity contribution in [2.75, 3.05) is 0 Å². The first-order valence-corrected chi connectivity index (χ1v) is 7.11. The normalized spacial score (nSPS) is 21.6. The van der Waals surface area contributed by atoms with Crippen LogP contribution in [-0.2, 0) is 18.4 Å². The van der Waals surface area contributed by atoms with Crippen molar-refractivity contribution in [2.24, 2.45) is 0 Å². The van der Waals surface area contributed by atoms with E-state index in [0.29, 0.717) is 5.41 Å². The molecule has 0 radical (unpaired) electrons. The molecule has 1 saturated carbocycles. The predicted molar refractivity (Wildman–Crippen MR) is 68.9 cm³/mol. The van der Waals surface area contributed by atoms with Crippen molar-refractivity contribution in [1.29, 1.82) is 0 Å². The lowest BCUT2D eigenvalue weighted by atomic mass is 9.74. The molecule has 3 heterocycles. The highest BCUT2D eigenvalue weighted by molar-refractivity contribution is 5.53. The molecule has 2 aromatic rings. The van der Waals surface area contributed by atoms with Gasteiger partial charge in [0.2, 0.25) is 0 Å². The molecule has 1 aliphatic carbocycles. The maximum absolute atomic E-state index is 2.51. The molecule has 0 amide bonds. The van der Waals surface area contributed by atoms with Crippen LogP contribution in [0, 0.1) is 0 Å². The molecule has 0 N–H and O–H groups in total. The van der Waals surface area contributed by atoms with Crippen molar-refractivity contribution in [2.45, 2.75) is 44.1 Å². The molecule has 0 atom stereocenters. The second-order valence-electron chi connectivity index (χ2n) is 6.20. The third-order valence-corrected chi connectivity index (χ3v) is 5.27. The molecule has 1 fully saturated rings. The van der Waals surface area contributed by atoms with Gasteiger partial charge in [-0.05, 0) is 24.8 Å². The van der Waals surface area contributed by atoms with Gasteiger partial charge in [-0.1, -0.05) is 31.0 Å². The fourth-order valence-corrected chi connectivity index (χ4v) is 4.51. The van der Waals surface area contributed by atoms with Crippen LogP contribution in [0.3, 0.4) is 0 Å². The molecule has 1 aromatic heterocycles. The first-order chi connectivity index (χ1) is 8.87. The van der Waals surface area contributed by atoms with Crippen LogP contribution >= 0.6 is 0 Å². The van der Waals surface area contributed by atoms with Crippen LogP contribution < -0.4 is 4.68 Å². The molecule has 1 spiro atoms. The van der Waals surface area contributed by atoms with Crippen molar-refractivity contribution < 1.29 is 4.68 Å². The molecule has 2 nitrogen and oxygen atoms in total. The fourth-order valence-electron chi connectivity index (χ4n) is 4.51. The van der Waals surface area contributed by atoms with Gasteiger partial charge in [0.15, 0.2) is 12.7 Å². The van der Waals surface area contributed by atoms with Gasteiger partial charge in [-0.2, -0.15) is 0 Å². The highest BCUT2D eigenvalue weighted by Gasteiger charge is 2.47. The number of hydrogen-bond donors (Lipinski definition) is 0. The van der Waals surface area contributed by atoms with Gasteiger partial charge >= 0.3 is 0 Å². The highest BCUT2D eigenvalue weighted by atomic mass is 15.4. The number of aromatic nitrogens is 2. The van der Waals surface area contributed by atoms with E-state index < -0.39 is 0 Å². The van der Waals surface area contributed by atoms with Gasteiger partial charge in [0, 0.05) is 17.0 Å². The van der Waals surface area contributed by atoms with Crippen LogP contribution in [-0.4, -0.2) is 4.68 Å². The second kappa shape index (κ2) is 2.87. The summed E-state index contributed by atoms with van der Waals surface area (Å²) in [6.07, 6.45) is 9.10. The zero-order valence-electron chi connectivity index (χ0n) is 10.5. The first-order valence-electron chi connectivity index (χ1n) is 7.11. The van der Waals surface area contributed by atoms with Crippen molar-refractivity contribution in [3.63, 3.8) is 0 Å². The Bertz CT molecular complexity index is 660. The zero-order valence-corrected chi connectivity index (χ0v) is 10.5. The van der Waals surface area contributed by atoms with Crippen LogP contribution in [0.2, 0.25) is 0 Å². The molecular weight excluding hydrogens is 220 g/mol. The molecule has 1 aromatic carbocycles. The van der Waals surface area contributed by atoms with Gasteiger partial charge in [-0.25, -0.2) is 0 Å². The van der Waals surface area contributed by atoms with E-state index in [1.54, 1.807) is 11.3 Å². The number of hydrogen-bond acceptors (Lipinski definition) is 0. The minimum absolute atomic E-state index is 0.446. The second-order valence-corrected chi connectivity index (χ2v) is 6.20. The Morgan fingerprint density at radius 1 is 1.06 bits per heavy atom. The minimum Gasteiger partial charge on any atom is -0.124 e. The average molecular weight is 237 g/mol. The van der Waals surface area contributed by atoms with Crippen molar-refractivity contribution >= 4 is 0 Å². The Morgan fingerprint density at radius 3 is 2.78 bits per heavy atom. The Labute approximate surface area is 107 Å². The molecule has 0 bridgehead atoms. The molecule has 3 aliphatic rings. The number of para-hydroxylation sites is 1. The molecule has 90 valence electrons. The summed E-state index contributed by atoms with van der Waals surface area (Å²) < 4.78 is 4.90. The summed E-state index contributed by atoms with van der Waals surface area (Å²) in [5, 5.41) is 0. The summed E-state index contributed by atoms with van der Waals surface area (Å²) in [5.74, 6) is 0. The first kappa shape index (κ1) is 9.37. The molecule has 2 aliphatic heterocycles. The maximum atomic E-state index is 2.51. The molecule has 18 heavy (non-hydrogen) atoms. The quantitative estimate of drug-likeness (QED) is 0.531. The minimum atomic E-state index is 0.446. The van der Waals surface area contributed by atoms with Crippen molar-refractivity contribution in [3.05, 3.63) is 47.3 Å². The lowest BCUT2D eigenvalue weighted by Gasteiger charge is -2.32. The molecule has 0 saturated heterocycles. The van der Waals surface area contributed by atoms with E-state index in [0.717, 1.165) is 6.54 Å². The lowest BCUT2D eigenvalue weighted by molar-refractivity contribution is -0.752. The van der Waals surface area contributed by atoms with Gasteiger partial charge in [0.05, 0.1) is 5.69 Å². The number of nitrogens with zero attached hydrogens (tertiary/aromatic N) is 2. The molecule has 0 unspecified atom stereocenters. The van der Waals surface area contributed by atoms with E-state index in [-0.39, 0.29) is 0 Å². The third-order valence-electron chi connectivity index (χ3n) is 5.27. The Kier molecular flexibility index (Phi) is 1.50. The van der Waals surface area contributed by atoms with Crippen LogP contribution in [0.5, 0.6) is 0 Å². The van der Waals surface area contributed by atoms with Gasteiger partial charge in [0.25, 0.3) is 0 Å². The average Bonchev–Trinajstić information content (AvgIpc) is 3.03. The Hall–Kier alpha value is -1.57. The van der Waals surface area contributed by atoms with Crippen LogP contribution in [0.1, 0.15) is 42.5 Å². The number of fused-ring (bicyclic) bond motifs is 1. The topological polar surface area (TPSA) is 8.81 Å². The largest absolute Gasteiger partial charge is 0.200 e. The SMILES string of the molecule is c1cc2c3c(c1)CC1(CCCC1)c1cc[n+](n1-3)C2. The lowest BCUT2D eigenvalue weighted by Crippen LogP contribution is -2.42. The van der Waals surface area contributed by atoms with Crippen molar-refractivity contribution in [3.8, 4) is 5.69 Å². The monoisotopic (exact) mass is 237 g/mol. The summed E-state index contributed by atoms with van der Waals surface area (Å²) in [7, 11) is 0. The van der Waals surface area contributed by atoms with Gasteiger partial charge in [-0.3, -0.25) is 0 Å². The Balaban J connectivity index is 1.88. The molecule has 5 rings (SSSR count). The number of rotatable bonds is 0. The van der Waals surface area contributed by atoms with E-state index in [1.165, 1.54) is 43.4 Å². The third kappa shape index (κ3) is 0.912. The van der Waals surface area contributed by atoms with Gasteiger partial charge in [-0.15, -0.1) is 9.36 Å². The van der Waals surface area contributed by atoms with Gasteiger partial charge < -0.3 is 0 Å². The number of benzene rings is 1. The zero-order chi connectivity index (χ0) is 11.7. The maximum Gasteiger partial charge on any atom is 0.200 e. The molecule has 2 heteroatoms. The Morgan fingerprint density at radius 2 is 1.89 bits per heavy atom. The van der Waals surface area contributed by atoms with Crippen LogP contribution in [0.4, 0.5) is 0 Å². The summed E-state index contributed by atoms with van der Waals surface area (Å²) in [5.41, 5.74) is 6.60. The summed E-state index contributed by atoms with van der Waals surface area (Å²) in [6.45, 7) is 1.05. The van der Waals surface area contributed by atoms with Crippen LogP contribution in [0.15, 0.2) is 30.5 Å². The highest BCUT2D eigenvalue weighted by Crippen LogP contribution is 2.48. The van der Waals surface area contributed by atoms with E-state index >= 15 is 0 Å². The molecular formula is C16H17N2+. The smallest absolute Gasteiger partial charge is 0.124 e.